The molecule has 0 saturated carbocycles. The molecule has 0 spiro atoms. The molecule has 0 unspecified atom stereocenters. The second-order valence-corrected chi connectivity index (χ2v) is 4.61. The van der Waals surface area contributed by atoms with Crippen molar-refractivity contribution < 1.29 is 14.7 Å². The maximum atomic E-state index is 12.2. The zero-order valence-electron chi connectivity index (χ0n) is 11.5. The molecule has 0 bridgehead atoms. The lowest BCUT2D eigenvalue weighted by molar-refractivity contribution is -0.136. The van der Waals surface area contributed by atoms with Gasteiger partial charge in [0.2, 0.25) is 0 Å². The number of nitrogens with two attached hydrogens (primary N) is 1. The first-order chi connectivity index (χ1) is 8.83. The van der Waals surface area contributed by atoms with Gasteiger partial charge in [-0.25, -0.2) is 0 Å². The molecule has 3 N–H and O–H groups in total. The number of ether oxygens (including phenoxy) is 1. The summed E-state index contributed by atoms with van der Waals surface area (Å²) in [7, 11) is 3.13. The van der Waals surface area contributed by atoms with Crippen LogP contribution in [-0.2, 0) is 9.53 Å². The van der Waals surface area contributed by atoms with Crippen molar-refractivity contribution in [2.75, 3.05) is 19.1 Å². The maximum Gasteiger partial charge on any atom is 0.258 e. The summed E-state index contributed by atoms with van der Waals surface area (Å²) >= 11 is 0. The van der Waals surface area contributed by atoms with Crippen molar-refractivity contribution in [1.29, 1.82) is 0 Å². The van der Waals surface area contributed by atoms with Gasteiger partial charge in [0.05, 0.1) is 0 Å². The van der Waals surface area contributed by atoms with Crippen LogP contribution in [0.25, 0.3) is 0 Å². The number of amidine groups is 1. The molecule has 0 saturated heterocycles. The first kappa shape index (κ1) is 15.0. The maximum absolute atomic E-state index is 12.2. The minimum absolute atomic E-state index is 0.00583. The molecule has 1 amide bonds. The van der Waals surface area contributed by atoms with Crippen LogP contribution >= 0.6 is 0 Å². The number of carbonyl (C=O) groups is 1. The molecule has 6 heteroatoms. The Bertz CT molecular complexity index is 498. The topological polar surface area (TPSA) is 88.2 Å². The molecule has 0 atom stereocenters. The van der Waals surface area contributed by atoms with Gasteiger partial charge in [0.25, 0.3) is 5.91 Å². The van der Waals surface area contributed by atoms with Crippen molar-refractivity contribution in [3.63, 3.8) is 0 Å². The lowest BCUT2D eigenvalue weighted by Gasteiger charge is -2.28. The average molecular weight is 265 g/mol. The first-order valence-electron chi connectivity index (χ1n) is 5.74. The monoisotopic (exact) mass is 265 g/mol. The minimum Gasteiger partial charge on any atom is -0.409 e. The van der Waals surface area contributed by atoms with Crippen LogP contribution in [0.15, 0.2) is 29.4 Å². The Morgan fingerprint density at radius 3 is 2.63 bits per heavy atom. The number of anilines is 1. The van der Waals surface area contributed by atoms with Crippen molar-refractivity contribution in [2.24, 2.45) is 10.9 Å². The van der Waals surface area contributed by atoms with E-state index < -0.39 is 5.60 Å². The Morgan fingerprint density at radius 2 is 2.11 bits per heavy atom. The number of methoxy groups -OCH3 is 1. The molecular formula is C13H19N3O3. The fourth-order valence-corrected chi connectivity index (χ4v) is 1.54. The summed E-state index contributed by atoms with van der Waals surface area (Å²) in [5, 5.41) is 11.6. The Hall–Kier alpha value is -2.08. The van der Waals surface area contributed by atoms with Crippen LogP contribution in [0.5, 0.6) is 0 Å². The standard InChI is InChI=1S/C13H19N3O3/c1-13(2,19-4)12(17)16(3)10-7-5-6-9(8-10)11(14)15-18/h5-8,18H,1-4H3,(H2,14,15). The fraction of sp³-hybridized carbons (Fsp3) is 0.385. The van der Waals surface area contributed by atoms with Crippen LogP contribution in [0.3, 0.4) is 0 Å². The van der Waals surface area contributed by atoms with Gasteiger partial charge < -0.3 is 20.6 Å². The van der Waals surface area contributed by atoms with E-state index in [0.717, 1.165) is 0 Å². The summed E-state index contributed by atoms with van der Waals surface area (Å²) in [6.45, 7) is 3.39. The van der Waals surface area contributed by atoms with Gasteiger partial charge >= 0.3 is 0 Å². The lowest BCUT2D eigenvalue weighted by atomic mass is 10.1. The summed E-state index contributed by atoms with van der Waals surface area (Å²) in [6.07, 6.45) is 0. The van der Waals surface area contributed by atoms with E-state index in [1.165, 1.54) is 12.0 Å². The molecule has 0 radical (unpaired) electrons. The Labute approximate surface area is 112 Å². The Balaban J connectivity index is 3.07. The highest BCUT2D eigenvalue weighted by atomic mass is 16.5. The van der Waals surface area contributed by atoms with E-state index in [0.29, 0.717) is 11.3 Å². The molecule has 0 fully saturated rings. The molecule has 1 rings (SSSR count). The highest BCUT2D eigenvalue weighted by Crippen LogP contribution is 2.20. The molecule has 104 valence electrons. The SMILES string of the molecule is COC(C)(C)C(=O)N(C)c1cccc(/C(N)=N/O)c1. The molecule has 19 heavy (non-hydrogen) atoms. The van der Waals surface area contributed by atoms with Crippen LogP contribution < -0.4 is 10.6 Å². The minimum atomic E-state index is -0.915. The van der Waals surface area contributed by atoms with Crippen molar-refractivity contribution in [3.8, 4) is 0 Å². The number of oxime groups is 1. The summed E-state index contributed by atoms with van der Waals surface area (Å²) in [6, 6.07) is 6.85. The normalized spacial score (nSPS) is 12.3. The number of benzene rings is 1. The molecule has 0 aliphatic carbocycles. The van der Waals surface area contributed by atoms with E-state index in [-0.39, 0.29) is 11.7 Å². The van der Waals surface area contributed by atoms with E-state index in [2.05, 4.69) is 5.16 Å². The van der Waals surface area contributed by atoms with E-state index in [1.54, 1.807) is 45.2 Å². The third kappa shape index (κ3) is 3.23. The first-order valence-corrected chi connectivity index (χ1v) is 5.74. The van der Waals surface area contributed by atoms with Crippen LogP contribution in [0.1, 0.15) is 19.4 Å². The van der Waals surface area contributed by atoms with E-state index >= 15 is 0 Å². The van der Waals surface area contributed by atoms with Gasteiger partial charge in [-0.3, -0.25) is 4.79 Å². The quantitative estimate of drug-likeness (QED) is 0.370. The lowest BCUT2D eigenvalue weighted by Crippen LogP contribution is -2.44. The summed E-state index contributed by atoms with van der Waals surface area (Å²) in [5.41, 5.74) is 5.78. The molecule has 1 aromatic carbocycles. The molecule has 0 aliphatic rings. The summed E-state index contributed by atoms with van der Waals surface area (Å²) < 4.78 is 5.16. The summed E-state index contributed by atoms with van der Waals surface area (Å²) in [4.78, 5) is 13.7. The van der Waals surface area contributed by atoms with E-state index in [4.69, 9.17) is 15.7 Å². The van der Waals surface area contributed by atoms with Crippen molar-refractivity contribution >= 4 is 17.4 Å². The molecule has 0 aromatic heterocycles. The van der Waals surface area contributed by atoms with E-state index in [9.17, 15) is 4.79 Å². The van der Waals surface area contributed by atoms with Crippen molar-refractivity contribution in [3.05, 3.63) is 29.8 Å². The van der Waals surface area contributed by atoms with Gasteiger partial charge in [-0.1, -0.05) is 17.3 Å². The Kier molecular flexibility index (Phi) is 4.50. The molecule has 1 aromatic rings. The van der Waals surface area contributed by atoms with E-state index in [1.807, 2.05) is 0 Å². The van der Waals surface area contributed by atoms with Crippen LogP contribution in [0.2, 0.25) is 0 Å². The number of amides is 1. The van der Waals surface area contributed by atoms with Crippen LogP contribution in [-0.4, -0.2) is 36.7 Å². The van der Waals surface area contributed by atoms with Crippen LogP contribution in [0, 0.1) is 0 Å². The Morgan fingerprint density at radius 1 is 1.47 bits per heavy atom. The smallest absolute Gasteiger partial charge is 0.258 e. The highest BCUT2D eigenvalue weighted by molar-refractivity contribution is 6.01. The molecule has 0 heterocycles. The zero-order chi connectivity index (χ0) is 14.6. The highest BCUT2D eigenvalue weighted by Gasteiger charge is 2.30. The van der Waals surface area contributed by atoms with Gasteiger partial charge in [0, 0.05) is 25.4 Å². The summed E-state index contributed by atoms with van der Waals surface area (Å²) in [5.74, 6) is -0.194. The number of hydrogen-bond donors (Lipinski definition) is 2. The number of carbonyl (C=O) groups excluding carboxylic acids is 1. The third-order valence-electron chi connectivity index (χ3n) is 2.97. The number of rotatable bonds is 4. The van der Waals surface area contributed by atoms with Gasteiger partial charge in [0.1, 0.15) is 5.60 Å². The number of likely N-dealkylation sites (N-methyl/N-ethyl adjacent to an activating group) is 1. The average Bonchev–Trinajstić information content (AvgIpc) is 2.44. The second kappa shape index (κ2) is 5.71. The number of nitrogens with zero attached hydrogens (tertiary/aromatic N) is 2. The van der Waals surface area contributed by atoms with Gasteiger partial charge in [0.15, 0.2) is 5.84 Å². The molecule has 0 aliphatic heterocycles. The molecular weight excluding hydrogens is 246 g/mol. The predicted octanol–water partition coefficient (Wildman–Crippen LogP) is 1.17. The largest absolute Gasteiger partial charge is 0.409 e. The third-order valence-corrected chi connectivity index (χ3v) is 2.97. The van der Waals surface area contributed by atoms with Gasteiger partial charge in [-0.05, 0) is 26.0 Å². The fourth-order valence-electron chi connectivity index (χ4n) is 1.54. The van der Waals surface area contributed by atoms with Gasteiger partial charge in [-0.2, -0.15) is 0 Å². The van der Waals surface area contributed by atoms with Gasteiger partial charge in [-0.15, -0.1) is 0 Å². The van der Waals surface area contributed by atoms with Crippen molar-refractivity contribution in [1.82, 2.24) is 0 Å². The predicted molar refractivity (Wildman–Crippen MR) is 73.5 cm³/mol. The van der Waals surface area contributed by atoms with Crippen LogP contribution in [0.4, 0.5) is 5.69 Å². The number of hydrogen-bond acceptors (Lipinski definition) is 4. The second-order valence-electron chi connectivity index (χ2n) is 4.61. The zero-order valence-corrected chi connectivity index (χ0v) is 11.5. The van der Waals surface area contributed by atoms with Crippen molar-refractivity contribution in [2.45, 2.75) is 19.4 Å². The molecule has 6 nitrogen and oxygen atoms in total.